The molecule has 0 amide bonds. The summed E-state index contributed by atoms with van der Waals surface area (Å²) in [5.74, 6) is 1.89. The monoisotopic (exact) mass is 372 g/mol. The minimum absolute atomic E-state index is 0.612. The van der Waals surface area contributed by atoms with E-state index in [1.807, 2.05) is 12.4 Å². The summed E-state index contributed by atoms with van der Waals surface area (Å²) in [5.41, 5.74) is 1.12. The molecule has 3 rings (SSSR count). The van der Waals surface area contributed by atoms with Crippen LogP contribution in [0.15, 0.2) is 29.5 Å². The second-order valence-corrected chi connectivity index (χ2v) is 7.54. The second kappa shape index (κ2) is 9.52. The Morgan fingerprint density at radius 2 is 2.00 bits per heavy atom. The first kappa shape index (κ1) is 18.6. The smallest absolute Gasteiger partial charge is 0.191 e. The van der Waals surface area contributed by atoms with Crippen molar-refractivity contribution >= 4 is 23.1 Å². The molecule has 6 nitrogen and oxygen atoms in total. The average molecular weight is 373 g/mol. The summed E-state index contributed by atoms with van der Waals surface area (Å²) in [5, 5.41) is 7.73. The fourth-order valence-electron chi connectivity index (χ4n) is 2.91. The Morgan fingerprint density at radius 1 is 1.15 bits per heavy atom. The van der Waals surface area contributed by atoms with Crippen LogP contribution in [0, 0.1) is 0 Å². The second-order valence-electron chi connectivity index (χ2n) is 6.34. The van der Waals surface area contributed by atoms with Crippen molar-refractivity contribution in [1.82, 2.24) is 20.6 Å². The lowest BCUT2D eigenvalue weighted by Crippen LogP contribution is -2.36. The number of aromatic nitrogens is 2. The van der Waals surface area contributed by atoms with Crippen molar-refractivity contribution < 1.29 is 0 Å². The molecule has 0 aromatic carbocycles. The molecule has 7 heteroatoms. The number of aryl methyl sites for hydroxylation is 1. The van der Waals surface area contributed by atoms with E-state index in [2.05, 4.69) is 56.5 Å². The molecule has 0 saturated carbocycles. The Balaban J connectivity index is 1.55. The normalized spacial score (nSPS) is 14.7. The Labute approximate surface area is 159 Å². The topological polar surface area (TPSA) is 65.4 Å². The maximum Gasteiger partial charge on any atom is 0.191 e. The molecule has 0 radical (unpaired) electrons. The summed E-state index contributed by atoms with van der Waals surface area (Å²) in [4.78, 5) is 17.4. The molecule has 2 aromatic rings. The van der Waals surface area contributed by atoms with E-state index < -0.39 is 0 Å². The van der Waals surface area contributed by atoms with Crippen molar-refractivity contribution in [3.05, 3.63) is 40.0 Å². The highest BCUT2D eigenvalue weighted by Crippen LogP contribution is 2.17. The number of thiazole rings is 1. The van der Waals surface area contributed by atoms with E-state index in [0.29, 0.717) is 13.1 Å². The molecule has 0 atom stereocenters. The molecule has 0 bridgehead atoms. The van der Waals surface area contributed by atoms with Crippen LogP contribution in [0.4, 0.5) is 5.82 Å². The predicted octanol–water partition coefficient (Wildman–Crippen LogP) is 2.96. The van der Waals surface area contributed by atoms with Crippen LogP contribution in [-0.4, -0.2) is 35.6 Å². The van der Waals surface area contributed by atoms with E-state index in [1.165, 1.54) is 17.7 Å². The third-order valence-corrected chi connectivity index (χ3v) is 5.50. The number of nitrogens with one attached hydrogen (secondary N) is 2. The van der Waals surface area contributed by atoms with Gasteiger partial charge < -0.3 is 15.5 Å². The molecule has 2 N–H and O–H groups in total. The highest BCUT2D eigenvalue weighted by Gasteiger charge is 2.12. The van der Waals surface area contributed by atoms with Gasteiger partial charge in [-0.15, -0.1) is 11.3 Å². The number of guanidine groups is 1. The molecule has 2 aromatic heterocycles. The fourth-order valence-corrected chi connectivity index (χ4v) is 3.71. The number of hydrogen-bond donors (Lipinski definition) is 2. The Bertz CT molecular complexity index is 703. The quantitative estimate of drug-likeness (QED) is 0.578. The molecule has 26 heavy (non-hydrogen) atoms. The summed E-state index contributed by atoms with van der Waals surface area (Å²) in [7, 11) is 0. The summed E-state index contributed by atoms with van der Waals surface area (Å²) in [6.07, 6.45) is 7.47. The SMILES string of the molecule is CCNC(=NCc1ccc(N2CCCC2)nc1)NCc1ncc(CC)s1. The Morgan fingerprint density at radius 3 is 2.65 bits per heavy atom. The molecular weight excluding hydrogens is 344 g/mol. The first-order valence-electron chi connectivity index (χ1n) is 9.44. The third kappa shape index (κ3) is 5.17. The molecule has 1 saturated heterocycles. The van der Waals surface area contributed by atoms with Gasteiger partial charge in [-0.3, -0.25) is 0 Å². The van der Waals surface area contributed by atoms with Gasteiger partial charge in [0, 0.05) is 36.9 Å². The van der Waals surface area contributed by atoms with E-state index in [-0.39, 0.29) is 0 Å². The first-order chi connectivity index (χ1) is 12.8. The number of pyridine rings is 1. The molecule has 1 aliphatic heterocycles. The van der Waals surface area contributed by atoms with Gasteiger partial charge in [0.25, 0.3) is 0 Å². The highest BCUT2D eigenvalue weighted by atomic mass is 32.1. The molecule has 0 unspecified atom stereocenters. The lowest BCUT2D eigenvalue weighted by Gasteiger charge is -2.16. The number of hydrogen-bond acceptors (Lipinski definition) is 5. The van der Waals surface area contributed by atoms with Crippen molar-refractivity contribution in [2.24, 2.45) is 4.99 Å². The van der Waals surface area contributed by atoms with Gasteiger partial charge in [0.2, 0.25) is 0 Å². The van der Waals surface area contributed by atoms with Crippen molar-refractivity contribution in [2.75, 3.05) is 24.5 Å². The minimum Gasteiger partial charge on any atom is -0.357 e. The maximum atomic E-state index is 4.67. The molecule has 140 valence electrons. The van der Waals surface area contributed by atoms with Crippen LogP contribution in [0.25, 0.3) is 0 Å². The van der Waals surface area contributed by atoms with Crippen molar-refractivity contribution in [3.8, 4) is 0 Å². The Kier molecular flexibility index (Phi) is 6.82. The number of nitrogens with zero attached hydrogens (tertiary/aromatic N) is 4. The average Bonchev–Trinajstić information content (AvgIpc) is 3.36. The van der Waals surface area contributed by atoms with Gasteiger partial charge in [-0.05, 0) is 37.8 Å². The van der Waals surface area contributed by atoms with E-state index in [1.54, 1.807) is 11.3 Å². The van der Waals surface area contributed by atoms with Gasteiger partial charge in [-0.25, -0.2) is 15.0 Å². The summed E-state index contributed by atoms with van der Waals surface area (Å²) in [6, 6.07) is 4.24. The van der Waals surface area contributed by atoms with Gasteiger partial charge in [0.1, 0.15) is 10.8 Å². The third-order valence-electron chi connectivity index (χ3n) is 4.36. The van der Waals surface area contributed by atoms with Crippen LogP contribution in [0.1, 0.15) is 42.1 Å². The van der Waals surface area contributed by atoms with Crippen LogP contribution in [0.2, 0.25) is 0 Å². The number of aliphatic imine (C=N–C) groups is 1. The minimum atomic E-state index is 0.612. The van der Waals surface area contributed by atoms with E-state index >= 15 is 0 Å². The van der Waals surface area contributed by atoms with E-state index in [4.69, 9.17) is 0 Å². The molecular formula is C19H28N6S. The maximum absolute atomic E-state index is 4.67. The van der Waals surface area contributed by atoms with Crippen molar-refractivity contribution in [1.29, 1.82) is 0 Å². The van der Waals surface area contributed by atoms with Crippen LogP contribution in [-0.2, 0) is 19.5 Å². The van der Waals surface area contributed by atoms with Crippen LogP contribution < -0.4 is 15.5 Å². The molecule has 0 spiro atoms. The summed E-state index contributed by atoms with van der Waals surface area (Å²) < 4.78 is 0. The van der Waals surface area contributed by atoms with E-state index in [9.17, 15) is 0 Å². The zero-order valence-corrected chi connectivity index (χ0v) is 16.5. The van der Waals surface area contributed by atoms with Gasteiger partial charge >= 0.3 is 0 Å². The van der Waals surface area contributed by atoms with Crippen molar-refractivity contribution in [3.63, 3.8) is 0 Å². The zero-order chi connectivity index (χ0) is 18.2. The van der Waals surface area contributed by atoms with Gasteiger partial charge in [0.15, 0.2) is 5.96 Å². The zero-order valence-electron chi connectivity index (χ0n) is 15.7. The van der Waals surface area contributed by atoms with Crippen LogP contribution in [0.5, 0.6) is 0 Å². The molecule has 1 fully saturated rings. The molecule has 1 aliphatic rings. The van der Waals surface area contributed by atoms with E-state index in [0.717, 1.165) is 48.4 Å². The largest absolute Gasteiger partial charge is 0.357 e. The van der Waals surface area contributed by atoms with Crippen LogP contribution in [0.3, 0.4) is 0 Å². The lowest BCUT2D eigenvalue weighted by atomic mass is 10.3. The molecule has 3 heterocycles. The Hall–Kier alpha value is -2.15. The fraction of sp³-hybridized carbons (Fsp3) is 0.526. The first-order valence-corrected chi connectivity index (χ1v) is 10.3. The van der Waals surface area contributed by atoms with Gasteiger partial charge in [-0.2, -0.15) is 0 Å². The highest BCUT2D eigenvalue weighted by molar-refractivity contribution is 7.11. The molecule has 0 aliphatic carbocycles. The number of anilines is 1. The summed E-state index contributed by atoms with van der Waals surface area (Å²) >= 11 is 1.75. The van der Waals surface area contributed by atoms with Gasteiger partial charge in [0.05, 0.1) is 13.1 Å². The number of rotatable bonds is 7. The van der Waals surface area contributed by atoms with Gasteiger partial charge in [-0.1, -0.05) is 13.0 Å². The van der Waals surface area contributed by atoms with Crippen LogP contribution >= 0.6 is 11.3 Å². The lowest BCUT2D eigenvalue weighted by molar-refractivity contribution is 0.810. The van der Waals surface area contributed by atoms with Crippen molar-refractivity contribution in [2.45, 2.75) is 46.2 Å². The standard InChI is InChI=1S/C19H28N6S/c1-3-16-13-22-18(26-16)14-24-19(20-4-2)23-12-15-7-8-17(21-11-15)25-9-5-6-10-25/h7-8,11,13H,3-6,9-10,12,14H2,1-2H3,(H2,20,23,24). The predicted molar refractivity (Wildman–Crippen MR) is 109 cm³/mol. The summed E-state index contributed by atoms with van der Waals surface area (Å²) in [6.45, 7) is 8.60.